The first-order valence-corrected chi connectivity index (χ1v) is 17.6. The van der Waals surface area contributed by atoms with E-state index in [1.165, 1.54) is 35.5 Å². The summed E-state index contributed by atoms with van der Waals surface area (Å²) >= 11 is 13.7. The van der Waals surface area contributed by atoms with Crippen LogP contribution in [0, 0.1) is 7.91 Å². The predicted octanol–water partition coefficient (Wildman–Crippen LogP) is 7.81. The average molecular weight is 665 g/mol. The Morgan fingerprint density at radius 1 is 0.614 bits per heavy atom. The first-order valence-electron chi connectivity index (χ1n) is 15.2. The van der Waals surface area contributed by atoms with Crippen LogP contribution in [-0.2, 0) is 0 Å². The average Bonchev–Trinajstić information content (AvgIpc) is 3.51. The molecule has 2 saturated carbocycles. The highest BCUT2D eigenvalue weighted by molar-refractivity contribution is 7.73. The predicted molar refractivity (Wildman–Crippen MR) is 185 cm³/mol. The van der Waals surface area contributed by atoms with Crippen LogP contribution in [0.5, 0.6) is 0 Å². The first kappa shape index (κ1) is 30.7. The maximum Gasteiger partial charge on any atom is 0.265 e. The third-order valence-corrected chi connectivity index (χ3v) is 11.3. The number of hydrogen-bond acceptors (Lipinski definition) is 8. The molecule has 230 valence electrons. The van der Waals surface area contributed by atoms with Crippen molar-refractivity contribution in [1.82, 2.24) is 19.8 Å². The molecular formula is C32H36N6O2S4. The highest BCUT2D eigenvalue weighted by atomic mass is 32.2. The Labute approximate surface area is 275 Å². The number of benzene rings is 2. The van der Waals surface area contributed by atoms with Crippen molar-refractivity contribution in [3.05, 3.63) is 66.2 Å². The van der Waals surface area contributed by atoms with Crippen molar-refractivity contribution in [3.63, 3.8) is 0 Å². The summed E-state index contributed by atoms with van der Waals surface area (Å²) in [6.07, 6.45) is 11.0. The minimum Gasteiger partial charge on any atom is -0.383 e. The number of anilines is 2. The van der Waals surface area contributed by atoms with E-state index in [9.17, 15) is 9.59 Å². The first-order chi connectivity index (χ1) is 21.3. The van der Waals surface area contributed by atoms with Gasteiger partial charge in [-0.1, -0.05) is 85.5 Å². The quantitative estimate of drug-likeness (QED) is 0.150. The molecule has 4 aromatic rings. The smallest absolute Gasteiger partial charge is 0.265 e. The SMILES string of the molecule is Nc1c(C(=O)NC2CCCCC2)sc(=S)n1-c1ccc(-c2ccc(-n3c(N)c(C(=O)NC4CCCCC4)sc3=S)cc2)cc1. The standard InChI is InChI=1S/C32H36N6O2S4/c33-27-25(29(39)35-21-7-3-1-4-8-21)43-31(41)37(27)23-15-11-19(12-16-23)20-13-17-24(18-14-20)38-28(34)26(44-32(38)42)30(40)36-22-9-5-2-6-10-22/h11-18,21-22H,1-10,33-34H2,(H,35,39)(H,36,40). The van der Waals surface area contributed by atoms with Crippen LogP contribution in [0.1, 0.15) is 83.6 Å². The molecule has 2 aromatic heterocycles. The fourth-order valence-corrected chi connectivity index (χ4v) is 8.73. The van der Waals surface area contributed by atoms with E-state index in [0.29, 0.717) is 29.3 Å². The number of nitrogens with zero attached hydrogens (tertiary/aromatic N) is 2. The lowest BCUT2D eigenvalue weighted by Crippen LogP contribution is -2.36. The number of carbonyl (C=O) groups is 2. The summed E-state index contributed by atoms with van der Waals surface area (Å²) in [6.45, 7) is 0. The molecule has 0 aliphatic heterocycles. The Bertz CT molecular complexity index is 1640. The Morgan fingerprint density at radius 3 is 1.30 bits per heavy atom. The molecule has 2 heterocycles. The number of hydrogen-bond donors (Lipinski definition) is 4. The number of rotatable bonds is 7. The normalized spacial score (nSPS) is 16.1. The zero-order valence-corrected chi connectivity index (χ0v) is 27.6. The molecule has 44 heavy (non-hydrogen) atoms. The summed E-state index contributed by atoms with van der Waals surface area (Å²) in [5, 5.41) is 6.28. The highest BCUT2D eigenvalue weighted by Gasteiger charge is 2.23. The van der Waals surface area contributed by atoms with E-state index in [-0.39, 0.29) is 23.9 Å². The van der Waals surface area contributed by atoms with Crippen molar-refractivity contribution in [2.75, 3.05) is 11.5 Å². The number of carbonyl (C=O) groups excluding carboxylic acids is 2. The fraction of sp³-hybridized carbons (Fsp3) is 0.375. The van der Waals surface area contributed by atoms with E-state index in [4.69, 9.17) is 35.9 Å². The Hall–Kier alpha value is -3.32. The number of nitrogen functional groups attached to an aromatic ring is 2. The number of thiazole rings is 2. The van der Waals surface area contributed by atoms with Crippen LogP contribution in [0.4, 0.5) is 11.6 Å². The minimum absolute atomic E-state index is 0.149. The monoisotopic (exact) mass is 664 g/mol. The zero-order valence-electron chi connectivity index (χ0n) is 24.3. The number of nitrogens with two attached hydrogens (primary N) is 2. The van der Waals surface area contributed by atoms with Gasteiger partial charge in [0, 0.05) is 23.5 Å². The molecule has 0 saturated heterocycles. The van der Waals surface area contributed by atoms with Crippen LogP contribution in [0.2, 0.25) is 0 Å². The van der Waals surface area contributed by atoms with Crippen LogP contribution in [0.15, 0.2) is 48.5 Å². The number of nitrogens with one attached hydrogen (secondary N) is 2. The summed E-state index contributed by atoms with van der Waals surface area (Å²) in [7, 11) is 0. The second-order valence-corrected chi connectivity index (χ2v) is 14.8. The Morgan fingerprint density at radius 2 is 0.955 bits per heavy atom. The molecule has 0 unspecified atom stereocenters. The highest BCUT2D eigenvalue weighted by Crippen LogP contribution is 2.31. The molecular weight excluding hydrogens is 629 g/mol. The third kappa shape index (κ3) is 6.39. The van der Waals surface area contributed by atoms with Crippen LogP contribution < -0.4 is 22.1 Å². The molecule has 6 N–H and O–H groups in total. The van der Waals surface area contributed by atoms with E-state index >= 15 is 0 Å². The summed E-state index contributed by atoms with van der Waals surface area (Å²) in [5.74, 6) is 0.429. The van der Waals surface area contributed by atoms with E-state index < -0.39 is 0 Å². The molecule has 2 aromatic carbocycles. The Kier molecular flexibility index (Phi) is 9.31. The van der Waals surface area contributed by atoms with Crippen molar-refractivity contribution < 1.29 is 9.59 Å². The molecule has 2 aliphatic rings. The van der Waals surface area contributed by atoms with Gasteiger partial charge in [0.05, 0.1) is 0 Å². The Balaban J connectivity index is 1.17. The van der Waals surface area contributed by atoms with Gasteiger partial charge in [-0.3, -0.25) is 18.7 Å². The molecule has 6 rings (SSSR count). The second kappa shape index (κ2) is 13.4. The van der Waals surface area contributed by atoms with Crippen molar-refractivity contribution >= 4 is 70.6 Å². The van der Waals surface area contributed by atoms with Crippen LogP contribution in [-0.4, -0.2) is 33.0 Å². The van der Waals surface area contributed by atoms with Gasteiger partial charge in [0.25, 0.3) is 11.8 Å². The molecule has 0 atom stereocenters. The summed E-state index contributed by atoms with van der Waals surface area (Å²) in [4.78, 5) is 26.9. The second-order valence-electron chi connectivity index (χ2n) is 11.5. The molecule has 0 bridgehead atoms. The van der Waals surface area contributed by atoms with Gasteiger partial charge in [-0.15, -0.1) is 0 Å². The lowest BCUT2D eigenvalue weighted by molar-refractivity contribution is 0.0923. The summed E-state index contributed by atoms with van der Waals surface area (Å²) < 4.78 is 4.58. The fourth-order valence-electron chi connectivity index (χ4n) is 6.19. The van der Waals surface area contributed by atoms with Gasteiger partial charge in [-0.25, -0.2) is 0 Å². The molecule has 8 nitrogen and oxygen atoms in total. The van der Waals surface area contributed by atoms with E-state index in [0.717, 1.165) is 73.9 Å². The molecule has 2 aliphatic carbocycles. The summed E-state index contributed by atoms with van der Waals surface area (Å²) in [5.41, 5.74) is 16.5. The van der Waals surface area contributed by atoms with Crippen molar-refractivity contribution in [3.8, 4) is 22.5 Å². The maximum absolute atomic E-state index is 13.0. The van der Waals surface area contributed by atoms with Gasteiger partial charge in [0.1, 0.15) is 21.4 Å². The van der Waals surface area contributed by atoms with Crippen molar-refractivity contribution in [2.45, 2.75) is 76.3 Å². The van der Waals surface area contributed by atoms with Gasteiger partial charge in [0.2, 0.25) is 0 Å². The van der Waals surface area contributed by atoms with E-state index in [1.807, 2.05) is 48.5 Å². The zero-order chi connectivity index (χ0) is 30.8. The third-order valence-electron chi connectivity index (χ3n) is 8.57. The molecule has 2 fully saturated rings. The lowest BCUT2D eigenvalue weighted by Gasteiger charge is -2.22. The molecule has 0 radical (unpaired) electrons. The largest absolute Gasteiger partial charge is 0.383 e. The van der Waals surface area contributed by atoms with Crippen LogP contribution >= 0.6 is 47.1 Å². The van der Waals surface area contributed by atoms with Crippen LogP contribution in [0.25, 0.3) is 22.5 Å². The van der Waals surface area contributed by atoms with Gasteiger partial charge in [-0.05, 0) is 85.5 Å². The minimum atomic E-state index is -0.149. The topological polar surface area (TPSA) is 120 Å². The van der Waals surface area contributed by atoms with Crippen molar-refractivity contribution in [1.29, 1.82) is 0 Å². The van der Waals surface area contributed by atoms with Gasteiger partial charge in [-0.2, -0.15) is 0 Å². The maximum atomic E-state index is 13.0. The van der Waals surface area contributed by atoms with E-state index in [1.54, 1.807) is 9.13 Å². The van der Waals surface area contributed by atoms with Gasteiger partial charge in [0.15, 0.2) is 7.91 Å². The molecule has 12 heteroatoms. The number of aromatic nitrogens is 2. The number of amides is 2. The molecule has 0 spiro atoms. The van der Waals surface area contributed by atoms with E-state index in [2.05, 4.69) is 10.6 Å². The van der Waals surface area contributed by atoms with Gasteiger partial charge >= 0.3 is 0 Å². The van der Waals surface area contributed by atoms with Gasteiger partial charge < -0.3 is 22.1 Å². The van der Waals surface area contributed by atoms with Crippen molar-refractivity contribution in [2.24, 2.45) is 0 Å². The van der Waals surface area contributed by atoms with Crippen LogP contribution in [0.3, 0.4) is 0 Å². The summed E-state index contributed by atoms with van der Waals surface area (Å²) in [6, 6.07) is 16.2. The molecule has 2 amide bonds. The lowest BCUT2D eigenvalue weighted by atomic mass is 9.95.